The Morgan fingerprint density at radius 1 is 1.45 bits per heavy atom. The first-order chi connectivity index (χ1) is 5.15. The van der Waals surface area contributed by atoms with Crippen molar-refractivity contribution >= 4 is 25.5 Å². The smallest absolute Gasteiger partial charge is 0.134 e. The van der Waals surface area contributed by atoms with Crippen LogP contribution in [-0.2, 0) is 0 Å². The minimum absolute atomic E-state index is 0.172. The second kappa shape index (κ2) is 3.42. The largest absolute Gasteiger partial charge is 0.506 e. The van der Waals surface area contributed by atoms with Crippen molar-refractivity contribution in [3.63, 3.8) is 0 Å². The first-order valence-electron chi connectivity index (χ1n) is 3.32. The molecule has 0 aliphatic rings. The lowest BCUT2D eigenvalue weighted by molar-refractivity contribution is 0.475. The van der Waals surface area contributed by atoms with Crippen LogP contribution in [-0.4, -0.2) is 11.8 Å². The third-order valence-corrected chi connectivity index (χ3v) is 2.94. The second-order valence-electron chi connectivity index (χ2n) is 2.37. The van der Waals surface area contributed by atoms with E-state index in [1.807, 2.05) is 13.0 Å². The van der Waals surface area contributed by atoms with Crippen LogP contribution in [0.25, 0.3) is 0 Å². The molecular formula is C8H10ClOP. The van der Waals surface area contributed by atoms with Gasteiger partial charge in [-0.3, -0.25) is 0 Å². The summed E-state index contributed by atoms with van der Waals surface area (Å²) in [5.74, 6) is 0.172. The van der Waals surface area contributed by atoms with Gasteiger partial charge >= 0.3 is 0 Å². The van der Waals surface area contributed by atoms with Crippen LogP contribution in [0.3, 0.4) is 0 Å². The summed E-state index contributed by atoms with van der Waals surface area (Å²) >= 11 is 5.72. The molecule has 3 heteroatoms. The van der Waals surface area contributed by atoms with Crippen molar-refractivity contribution < 1.29 is 5.11 Å². The van der Waals surface area contributed by atoms with Crippen molar-refractivity contribution in [1.82, 2.24) is 0 Å². The molecule has 1 unspecified atom stereocenters. The number of aryl methyl sites for hydroxylation is 1. The normalized spacial score (nSPS) is 11.2. The van der Waals surface area contributed by atoms with E-state index in [1.165, 1.54) is 5.30 Å². The zero-order chi connectivity index (χ0) is 8.43. The number of phenolic OH excluding ortho intramolecular Hbond substituents is 1. The van der Waals surface area contributed by atoms with E-state index in [4.69, 9.17) is 11.6 Å². The average molecular weight is 189 g/mol. The maximum Gasteiger partial charge on any atom is 0.134 e. The molecule has 1 N–H and O–H groups in total. The maximum atomic E-state index is 9.19. The number of phenols is 1. The summed E-state index contributed by atoms with van der Waals surface area (Å²) in [5, 5.41) is 10.9. The highest BCUT2D eigenvalue weighted by Gasteiger charge is 2.02. The van der Waals surface area contributed by atoms with E-state index in [1.54, 1.807) is 6.07 Å². The van der Waals surface area contributed by atoms with Crippen molar-refractivity contribution in [3.8, 4) is 5.75 Å². The Bertz CT molecular complexity index is 273. The van der Waals surface area contributed by atoms with Crippen LogP contribution in [0.2, 0.25) is 5.02 Å². The molecule has 60 valence electrons. The van der Waals surface area contributed by atoms with E-state index in [0.717, 1.165) is 14.1 Å². The minimum atomic E-state index is 0.172. The van der Waals surface area contributed by atoms with Gasteiger partial charge in [0.25, 0.3) is 0 Å². The molecule has 0 radical (unpaired) electrons. The Morgan fingerprint density at radius 3 is 2.64 bits per heavy atom. The van der Waals surface area contributed by atoms with Gasteiger partial charge in [-0.25, -0.2) is 0 Å². The molecule has 11 heavy (non-hydrogen) atoms. The lowest BCUT2D eigenvalue weighted by atomic mass is 10.2. The first kappa shape index (κ1) is 8.83. The topological polar surface area (TPSA) is 20.2 Å². The van der Waals surface area contributed by atoms with Gasteiger partial charge in [0.05, 0.1) is 5.02 Å². The van der Waals surface area contributed by atoms with Gasteiger partial charge in [0, 0.05) is 0 Å². The zero-order valence-corrected chi connectivity index (χ0v) is 8.24. The molecule has 0 aromatic heterocycles. The van der Waals surface area contributed by atoms with Gasteiger partial charge in [-0.15, -0.1) is 0 Å². The number of rotatable bonds is 1. The highest BCUT2D eigenvalue weighted by Crippen LogP contribution is 2.24. The summed E-state index contributed by atoms with van der Waals surface area (Å²) in [6, 6.07) is 3.53. The highest BCUT2D eigenvalue weighted by atomic mass is 35.5. The molecule has 0 saturated heterocycles. The number of aromatic hydroxyl groups is 1. The predicted molar refractivity (Wildman–Crippen MR) is 51.7 cm³/mol. The van der Waals surface area contributed by atoms with Gasteiger partial charge in [-0.2, -0.15) is 0 Å². The molecule has 0 heterocycles. The predicted octanol–water partition coefficient (Wildman–Crippen LogP) is 2.29. The van der Waals surface area contributed by atoms with E-state index in [2.05, 4.69) is 6.66 Å². The third kappa shape index (κ3) is 1.85. The summed E-state index contributed by atoms with van der Waals surface area (Å²) < 4.78 is 0. The molecule has 0 fully saturated rings. The Balaban J connectivity index is 3.21. The van der Waals surface area contributed by atoms with Gasteiger partial charge in [0.1, 0.15) is 5.75 Å². The van der Waals surface area contributed by atoms with Crippen LogP contribution < -0.4 is 5.30 Å². The van der Waals surface area contributed by atoms with Crippen LogP contribution in [0.15, 0.2) is 12.1 Å². The van der Waals surface area contributed by atoms with E-state index < -0.39 is 0 Å². The van der Waals surface area contributed by atoms with E-state index in [0.29, 0.717) is 5.02 Å². The van der Waals surface area contributed by atoms with Gasteiger partial charge in [-0.1, -0.05) is 20.2 Å². The zero-order valence-electron chi connectivity index (χ0n) is 6.48. The Morgan fingerprint density at radius 2 is 2.09 bits per heavy atom. The maximum absolute atomic E-state index is 9.19. The van der Waals surface area contributed by atoms with Crippen LogP contribution in [0.5, 0.6) is 5.75 Å². The van der Waals surface area contributed by atoms with Crippen molar-refractivity contribution in [2.75, 3.05) is 6.66 Å². The number of hydrogen-bond acceptors (Lipinski definition) is 1. The summed E-state index contributed by atoms with van der Waals surface area (Å²) in [4.78, 5) is 0. The fourth-order valence-corrected chi connectivity index (χ4v) is 1.95. The first-order valence-corrected chi connectivity index (χ1v) is 5.20. The van der Waals surface area contributed by atoms with Gasteiger partial charge in [-0.05, 0) is 36.6 Å². The van der Waals surface area contributed by atoms with Crippen molar-refractivity contribution in [2.45, 2.75) is 6.92 Å². The van der Waals surface area contributed by atoms with E-state index in [-0.39, 0.29) is 5.75 Å². The number of benzene rings is 1. The SMILES string of the molecule is CPc1cc(Cl)c(O)cc1C. The molecule has 0 aliphatic carbocycles. The van der Waals surface area contributed by atoms with Crippen LogP contribution >= 0.6 is 20.2 Å². The average Bonchev–Trinajstić information content (AvgIpc) is 1.97. The molecule has 0 saturated carbocycles. The summed E-state index contributed by atoms with van der Waals surface area (Å²) in [5.41, 5.74) is 1.10. The number of hydrogen-bond donors (Lipinski definition) is 1. The highest BCUT2D eigenvalue weighted by molar-refractivity contribution is 7.46. The summed E-state index contributed by atoms with van der Waals surface area (Å²) in [6.45, 7) is 4.07. The lowest BCUT2D eigenvalue weighted by Crippen LogP contribution is -1.98. The molecule has 0 spiro atoms. The van der Waals surface area contributed by atoms with Gasteiger partial charge in [0.2, 0.25) is 0 Å². The molecule has 1 aromatic rings. The molecule has 1 rings (SSSR count). The van der Waals surface area contributed by atoms with Crippen LogP contribution in [0, 0.1) is 6.92 Å². The second-order valence-corrected chi connectivity index (χ2v) is 3.81. The fraction of sp³-hybridized carbons (Fsp3) is 0.250. The number of halogens is 1. The van der Waals surface area contributed by atoms with Gasteiger partial charge < -0.3 is 5.11 Å². The minimum Gasteiger partial charge on any atom is -0.506 e. The molecular weight excluding hydrogens is 179 g/mol. The van der Waals surface area contributed by atoms with Crippen molar-refractivity contribution in [3.05, 3.63) is 22.7 Å². The van der Waals surface area contributed by atoms with Crippen LogP contribution in [0.4, 0.5) is 0 Å². The molecule has 1 aromatic carbocycles. The molecule has 0 aliphatic heterocycles. The van der Waals surface area contributed by atoms with Crippen molar-refractivity contribution in [1.29, 1.82) is 0 Å². The van der Waals surface area contributed by atoms with Crippen LogP contribution in [0.1, 0.15) is 5.56 Å². The van der Waals surface area contributed by atoms with E-state index in [9.17, 15) is 5.11 Å². The molecule has 0 bridgehead atoms. The summed E-state index contributed by atoms with van der Waals surface area (Å²) in [6.07, 6.45) is 0. The Kier molecular flexibility index (Phi) is 2.75. The molecule has 1 nitrogen and oxygen atoms in total. The van der Waals surface area contributed by atoms with Crippen molar-refractivity contribution in [2.24, 2.45) is 0 Å². The molecule has 0 amide bonds. The standard InChI is InChI=1S/C8H10ClOP/c1-5-3-7(10)6(9)4-8(5)11-2/h3-4,10-11H,1-2H3. The quantitative estimate of drug-likeness (QED) is 0.671. The third-order valence-electron chi connectivity index (χ3n) is 1.56. The van der Waals surface area contributed by atoms with E-state index >= 15 is 0 Å². The lowest BCUT2D eigenvalue weighted by Gasteiger charge is -2.04. The Hall–Kier alpha value is -0.260. The monoisotopic (exact) mass is 188 g/mol. The summed E-state index contributed by atoms with van der Waals surface area (Å²) in [7, 11) is 0.726. The van der Waals surface area contributed by atoms with Gasteiger partial charge in [0.15, 0.2) is 0 Å². The fourth-order valence-electron chi connectivity index (χ4n) is 0.936. The Labute approximate surface area is 73.2 Å². The molecule has 1 atom stereocenters.